The number of allylic oxidation sites excluding steroid dienone is 1. The summed E-state index contributed by atoms with van der Waals surface area (Å²) in [5, 5.41) is 12.4. The first-order valence-electron chi connectivity index (χ1n) is 19.2. The molecule has 11 nitrogen and oxygen atoms in total. The largest absolute Gasteiger partial charge is 0.358 e. The van der Waals surface area contributed by atoms with E-state index in [0.29, 0.717) is 42.1 Å². The standard InChI is InChI=1S/C42H52F3N7O4/c1-6-26(4)34(24-47-35(53)17-20-52-21-19-46-25-52)49-40(56)41(18-16-33-30(23-41)29-13-11-14-31(38(29)48-33)42(44,45)8-3)51-39(55)37(27(5)7-2)50-36(54)22-28-12-9-10-15-32(28)43/h8-15,19,21,25-27,34,37,48H,3,6-7,16-18,20,22-24H2,1-2,4-5H3,(H,47,53)(H,49,56)(H,50,54)(H,51,55)/t26?,27?,34-,37+,41-/m1/s1. The van der Waals surface area contributed by atoms with Crippen molar-refractivity contribution in [1.82, 2.24) is 35.8 Å². The molecule has 5 atom stereocenters. The van der Waals surface area contributed by atoms with Crippen LogP contribution in [0.2, 0.25) is 0 Å². The molecule has 5 rings (SSSR count). The number of aromatic nitrogens is 3. The summed E-state index contributed by atoms with van der Waals surface area (Å²) < 4.78 is 46.3. The maximum atomic E-state index is 15.0. The number of aryl methyl sites for hydroxylation is 2. The zero-order valence-corrected chi connectivity index (χ0v) is 32.4. The van der Waals surface area contributed by atoms with Crippen LogP contribution in [0.4, 0.5) is 13.2 Å². The third kappa shape index (κ3) is 9.51. The molecule has 4 aromatic rings. The van der Waals surface area contributed by atoms with Crippen molar-refractivity contribution >= 4 is 34.5 Å². The van der Waals surface area contributed by atoms with Crippen molar-refractivity contribution in [3.05, 3.63) is 102 Å². The number of carbonyl (C=O) groups excluding carboxylic acids is 4. The molecule has 1 aliphatic rings. The summed E-state index contributed by atoms with van der Waals surface area (Å²) >= 11 is 0. The van der Waals surface area contributed by atoms with Gasteiger partial charge in [0.05, 0.1) is 18.3 Å². The second kappa shape index (κ2) is 18.0. The zero-order chi connectivity index (χ0) is 40.6. The average Bonchev–Trinajstić information content (AvgIpc) is 3.85. The normalized spacial score (nSPS) is 17.6. The molecule has 0 bridgehead atoms. The number of nitrogens with one attached hydrogen (secondary N) is 5. The maximum absolute atomic E-state index is 15.0. The molecular formula is C42H52F3N7O4. The van der Waals surface area contributed by atoms with Gasteiger partial charge in [0.15, 0.2) is 0 Å². The van der Waals surface area contributed by atoms with E-state index in [0.717, 1.165) is 0 Å². The molecule has 0 radical (unpaired) electrons. The van der Waals surface area contributed by atoms with E-state index in [1.54, 1.807) is 42.3 Å². The number of amides is 4. The number of aromatic amines is 1. The molecule has 2 heterocycles. The minimum absolute atomic E-state index is 0.0378. The Kier molecular flexibility index (Phi) is 13.4. The molecule has 0 fully saturated rings. The molecule has 56 heavy (non-hydrogen) atoms. The average molecular weight is 776 g/mol. The van der Waals surface area contributed by atoms with Gasteiger partial charge in [0.1, 0.15) is 17.4 Å². The Morgan fingerprint density at radius 2 is 1.79 bits per heavy atom. The number of nitrogens with zero attached hydrogens (tertiary/aromatic N) is 2. The lowest BCUT2D eigenvalue weighted by Crippen LogP contribution is -2.66. The fraction of sp³-hybridized carbons (Fsp3) is 0.452. The summed E-state index contributed by atoms with van der Waals surface area (Å²) in [5.74, 6) is -6.20. The van der Waals surface area contributed by atoms with E-state index in [-0.39, 0.29) is 73.0 Å². The van der Waals surface area contributed by atoms with Crippen LogP contribution in [0.1, 0.15) is 75.8 Å². The summed E-state index contributed by atoms with van der Waals surface area (Å²) in [6.07, 6.45) is 7.00. The Bertz CT molecular complexity index is 2030. The number of para-hydroxylation sites is 1. The predicted octanol–water partition coefficient (Wildman–Crippen LogP) is 5.64. The van der Waals surface area contributed by atoms with Crippen LogP contribution >= 0.6 is 0 Å². The van der Waals surface area contributed by atoms with E-state index in [4.69, 9.17) is 0 Å². The zero-order valence-electron chi connectivity index (χ0n) is 32.4. The van der Waals surface area contributed by atoms with Crippen LogP contribution in [-0.2, 0) is 50.9 Å². The SMILES string of the molecule is C=CC(F)(F)c1cccc2c3c([nH]c12)CC[C@](NC(=O)[C@@H](NC(=O)Cc1ccccc1F)C(C)CC)(C(=O)N[C@H](CNC(=O)CCn1ccnc1)C(C)CC)C3. The van der Waals surface area contributed by atoms with Gasteiger partial charge in [-0.05, 0) is 47.9 Å². The topological polar surface area (TPSA) is 150 Å². The van der Waals surface area contributed by atoms with Gasteiger partial charge < -0.3 is 30.8 Å². The first-order valence-corrected chi connectivity index (χ1v) is 19.2. The van der Waals surface area contributed by atoms with Crippen LogP contribution in [0, 0.1) is 17.7 Å². The molecule has 0 aliphatic heterocycles. The van der Waals surface area contributed by atoms with Crippen LogP contribution in [-0.4, -0.2) is 62.3 Å². The minimum Gasteiger partial charge on any atom is -0.358 e. The molecule has 2 aromatic carbocycles. The Hall–Kier alpha value is -5.40. The van der Waals surface area contributed by atoms with Crippen molar-refractivity contribution in [2.45, 2.75) is 103 Å². The highest BCUT2D eigenvalue weighted by Crippen LogP contribution is 2.40. The van der Waals surface area contributed by atoms with E-state index < -0.39 is 47.1 Å². The monoisotopic (exact) mass is 775 g/mol. The lowest BCUT2D eigenvalue weighted by Gasteiger charge is -2.40. The third-order valence-corrected chi connectivity index (χ3v) is 11.2. The minimum atomic E-state index is -3.33. The van der Waals surface area contributed by atoms with Crippen LogP contribution < -0.4 is 21.3 Å². The fourth-order valence-electron chi connectivity index (χ4n) is 7.22. The number of H-pyrrole nitrogens is 1. The summed E-state index contributed by atoms with van der Waals surface area (Å²) in [4.78, 5) is 62.5. The van der Waals surface area contributed by atoms with Crippen molar-refractivity contribution in [3.8, 4) is 0 Å². The summed E-state index contributed by atoms with van der Waals surface area (Å²) in [5.41, 5.74) is -0.151. The van der Waals surface area contributed by atoms with Gasteiger partial charge in [-0.25, -0.2) is 9.37 Å². The molecular weight excluding hydrogens is 724 g/mol. The second-order valence-corrected chi connectivity index (χ2v) is 14.9. The molecule has 1 aliphatic carbocycles. The number of halogens is 3. The molecule has 5 N–H and O–H groups in total. The number of hydrogen-bond donors (Lipinski definition) is 5. The first-order chi connectivity index (χ1) is 26.7. The Balaban J connectivity index is 1.46. The first kappa shape index (κ1) is 41.8. The number of hydrogen-bond acceptors (Lipinski definition) is 5. The molecule has 14 heteroatoms. The van der Waals surface area contributed by atoms with Crippen molar-refractivity contribution in [3.63, 3.8) is 0 Å². The number of alkyl halides is 2. The second-order valence-electron chi connectivity index (χ2n) is 14.9. The van der Waals surface area contributed by atoms with Gasteiger partial charge in [-0.1, -0.05) is 83.5 Å². The quantitative estimate of drug-likeness (QED) is 0.0831. The predicted molar refractivity (Wildman–Crippen MR) is 208 cm³/mol. The molecule has 4 amide bonds. The van der Waals surface area contributed by atoms with Crippen molar-refractivity contribution in [1.29, 1.82) is 0 Å². The highest BCUT2D eigenvalue weighted by atomic mass is 19.3. The Labute approximate surface area is 325 Å². The number of benzene rings is 2. The van der Waals surface area contributed by atoms with Crippen molar-refractivity contribution in [2.24, 2.45) is 11.8 Å². The smallest absolute Gasteiger partial charge is 0.293 e. The van der Waals surface area contributed by atoms with Crippen molar-refractivity contribution in [2.75, 3.05) is 6.54 Å². The van der Waals surface area contributed by atoms with Crippen molar-refractivity contribution < 1.29 is 32.3 Å². The number of carbonyl (C=O) groups is 4. The van der Waals surface area contributed by atoms with Crippen LogP contribution in [0.3, 0.4) is 0 Å². The van der Waals surface area contributed by atoms with Crippen LogP contribution in [0.15, 0.2) is 73.8 Å². The van der Waals surface area contributed by atoms with Gasteiger partial charge in [-0.3, -0.25) is 19.2 Å². The molecule has 0 saturated carbocycles. The van der Waals surface area contributed by atoms with Gasteiger partial charge in [0, 0.05) is 61.0 Å². The molecule has 2 aromatic heterocycles. The number of fused-ring (bicyclic) bond motifs is 3. The fourth-order valence-corrected chi connectivity index (χ4v) is 7.22. The highest BCUT2D eigenvalue weighted by molar-refractivity contribution is 5.97. The van der Waals surface area contributed by atoms with E-state index in [1.165, 1.54) is 30.3 Å². The number of rotatable bonds is 18. The molecule has 0 saturated heterocycles. The lowest BCUT2D eigenvalue weighted by atomic mass is 9.78. The maximum Gasteiger partial charge on any atom is 0.293 e. The Morgan fingerprint density at radius 1 is 1.04 bits per heavy atom. The third-order valence-electron chi connectivity index (χ3n) is 11.2. The summed E-state index contributed by atoms with van der Waals surface area (Å²) in [6, 6.07) is 8.86. The van der Waals surface area contributed by atoms with Crippen LogP contribution in [0.5, 0.6) is 0 Å². The van der Waals surface area contributed by atoms with Gasteiger partial charge in [0.25, 0.3) is 5.92 Å². The van der Waals surface area contributed by atoms with Crippen LogP contribution in [0.25, 0.3) is 10.9 Å². The van der Waals surface area contributed by atoms with E-state index in [1.807, 2.05) is 20.8 Å². The van der Waals surface area contributed by atoms with Gasteiger partial charge in [-0.2, -0.15) is 8.78 Å². The molecule has 300 valence electrons. The van der Waals surface area contributed by atoms with Gasteiger partial charge >= 0.3 is 0 Å². The highest BCUT2D eigenvalue weighted by Gasteiger charge is 2.46. The number of imidazole rings is 1. The van der Waals surface area contributed by atoms with E-state index >= 15 is 8.78 Å². The van der Waals surface area contributed by atoms with E-state index in [2.05, 4.69) is 37.8 Å². The lowest BCUT2D eigenvalue weighted by molar-refractivity contribution is -0.137. The van der Waals surface area contributed by atoms with Gasteiger partial charge in [0.2, 0.25) is 23.6 Å². The Morgan fingerprint density at radius 3 is 2.46 bits per heavy atom. The van der Waals surface area contributed by atoms with E-state index in [9.17, 15) is 23.6 Å². The summed E-state index contributed by atoms with van der Waals surface area (Å²) in [7, 11) is 0. The summed E-state index contributed by atoms with van der Waals surface area (Å²) in [6.45, 7) is 11.5. The van der Waals surface area contributed by atoms with Gasteiger partial charge in [-0.15, -0.1) is 0 Å². The molecule has 0 spiro atoms. The molecule has 2 unspecified atom stereocenters.